The fourth-order valence-corrected chi connectivity index (χ4v) is 1.87. The first-order chi connectivity index (χ1) is 9.06. The SMILES string of the molecule is CCC(C)n1cc(C=O)c(-c2ccc(C)c(F)c2)n1. The molecule has 1 aromatic carbocycles. The number of aldehydes is 1. The molecular formula is C15H17FN2O. The molecule has 0 saturated carbocycles. The van der Waals surface area contributed by atoms with Gasteiger partial charge in [-0.25, -0.2) is 4.39 Å². The van der Waals surface area contributed by atoms with Crippen LogP contribution in [0, 0.1) is 12.7 Å². The van der Waals surface area contributed by atoms with E-state index in [2.05, 4.69) is 12.0 Å². The third-order valence-corrected chi connectivity index (χ3v) is 3.37. The number of hydrogen-bond donors (Lipinski definition) is 0. The monoisotopic (exact) mass is 260 g/mol. The first kappa shape index (κ1) is 13.5. The van der Waals surface area contributed by atoms with E-state index in [1.165, 1.54) is 6.07 Å². The van der Waals surface area contributed by atoms with Gasteiger partial charge in [0, 0.05) is 17.8 Å². The van der Waals surface area contributed by atoms with E-state index >= 15 is 0 Å². The summed E-state index contributed by atoms with van der Waals surface area (Å²) < 4.78 is 15.4. The fourth-order valence-electron chi connectivity index (χ4n) is 1.87. The number of aromatic nitrogens is 2. The zero-order valence-corrected chi connectivity index (χ0v) is 11.4. The van der Waals surface area contributed by atoms with Crippen molar-refractivity contribution in [1.82, 2.24) is 9.78 Å². The molecule has 3 nitrogen and oxygen atoms in total. The highest BCUT2D eigenvalue weighted by Gasteiger charge is 2.14. The van der Waals surface area contributed by atoms with Crippen molar-refractivity contribution in [2.24, 2.45) is 0 Å². The highest BCUT2D eigenvalue weighted by atomic mass is 19.1. The molecule has 2 aromatic rings. The number of halogens is 1. The Hall–Kier alpha value is -1.97. The molecule has 0 fully saturated rings. The molecule has 0 spiro atoms. The Labute approximate surface area is 112 Å². The summed E-state index contributed by atoms with van der Waals surface area (Å²) in [6.07, 6.45) is 3.40. The third-order valence-electron chi connectivity index (χ3n) is 3.37. The Morgan fingerprint density at radius 2 is 2.21 bits per heavy atom. The van der Waals surface area contributed by atoms with Crippen molar-refractivity contribution in [2.75, 3.05) is 0 Å². The number of rotatable bonds is 4. The predicted molar refractivity (Wildman–Crippen MR) is 72.7 cm³/mol. The Morgan fingerprint density at radius 3 is 2.79 bits per heavy atom. The number of carbonyl (C=O) groups excluding carboxylic acids is 1. The van der Waals surface area contributed by atoms with E-state index in [9.17, 15) is 9.18 Å². The van der Waals surface area contributed by atoms with Gasteiger partial charge in [0.1, 0.15) is 11.5 Å². The van der Waals surface area contributed by atoms with Crippen LogP contribution in [0.4, 0.5) is 4.39 Å². The van der Waals surface area contributed by atoms with Gasteiger partial charge in [-0.15, -0.1) is 0 Å². The number of benzene rings is 1. The minimum atomic E-state index is -0.285. The maximum Gasteiger partial charge on any atom is 0.153 e. The minimum absolute atomic E-state index is 0.211. The molecule has 1 aromatic heterocycles. The lowest BCUT2D eigenvalue weighted by Gasteiger charge is -2.08. The molecule has 0 aliphatic rings. The molecule has 4 heteroatoms. The Morgan fingerprint density at radius 1 is 1.47 bits per heavy atom. The summed E-state index contributed by atoms with van der Waals surface area (Å²) >= 11 is 0. The topological polar surface area (TPSA) is 34.9 Å². The summed E-state index contributed by atoms with van der Waals surface area (Å²) in [5, 5.41) is 4.41. The summed E-state index contributed by atoms with van der Waals surface area (Å²) in [4.78, 5) is 11.1. The highest BCUT2D eigenvalue weighted by Crippen LogP contribution is 2.24. The zero-order valence-electron chi connectivity index (χ0n) is 11.4. The van der Waals surface area contributed by atoms with Crippen molar-refractivity contribution in [3.63, 3.8) is 0 Å². The molecule has 2 rings (SSSR count). The molecule has 100 valence electrons. The van der Waals surface area contributed by atoms with Gasteiger partial charge in [0.15, 0.2) is 6.29 Å². The smallest absolute Gasteiger partial charge is 0.153 e. The van der Waals surface area contributed by atoms with Crippen LogP contribution in [0.1, 0.15) is 42.2 Å². The van der Waals surface area contributed by atoms with Crippen molar-refractivity contribution in [3.05, 3.63) is 41.3 Å². The molecule has 0 amide bonds. The van der Waals surface area contributed by atoms with E-state index in [1.807, 2.05) is 6.92 Å². The van der Waals surface area contributed by atoms with Crippen LogP contribution in [0.25, 0.3) is 11.3 Å². The van der Waals surface area contributed by atoms with Crippen LogP contribution in [0.15, 0.2) is 24.4 Å². The Balaban J connectivity index is 2.51. The summed E-state index contributed by atoms with van der Waals surface area (Å²) in [5.41, 5.74) is 2.24. The summed E-state index contributed by atoms with van der Waals surface area (Å²) in [6.45, 7) is 5.79. The molecule has 1 atom stereocenters. The van der Waals surface area contributed by atoms with Gasteiger partial charge in [0.05, 0.1) is 5.56 Å². The highest BCUT2D eigenvalue weighted by molar-refractivity contribution is 5.85. The van der Waals surface area contributed by atoms with Crippen molar-refractivity contribution in [3.8, 4) is 11.3 Å². The van der Waals surface area contributed by atoms with E-state index in [-0.39, 0.29) is 11.9 Å². The second-order valence-electron chi connectivity index (χ2n) is 4.75. The Kier molecular flexibility index (Phi) is 3.79. The third kappa shape index (κ3) is 2.57. The Bertz CT molecular complexity index is 604. The van der Waals surface area contributed by atoms with Crippen LogP contribution in [0.3, 0.4) is 0 Å². The maximum absolute atomic E-state index is 13.6. The second kappa shape index (κ2) is 5.34. The van der Waals surface area contributed by atoms with Gasteiger partial charge in [0.2, 0.25) is 0 Å². The second-order valence-corrected chi connectivity index (χ2v) is 4.75. The molecule has 1 heterocycles. The maximum atomic E-state index is 13.6. The van der Waals surface area contributed by atoms with Crippen LogP contribution in [0.2, 0.25) is 0 Å². The van der Waals surface area contributed by atoms with Crippen molar-refractivity contribution >= 4 is 6.29 Å². The van der Waals surface area contributed by atoms with Gasteiger partial charge >= 0.3 is 0 Å². The molecule has 0 bridgehead atoms. The van der Waals surface area contributed by atoms with Crippen LogP contribution in [-0.4, -0.2) is 16.1 Å². The molecule has 0 radical (unpaired) electrons. The summed E-state index contributed by atoms with van der Waals surface area (Å²) in [7, 11) is 0. The summed E-state index contributed by atoms with van der Waals surface area (Å²) in [5.74, 6) is -0.285. The standard InChI is InChI=1S/C15H17FN2O/c1-4-11(3)18-8-13(9-19)15(17-18)12-6-5-10(2)14(16)7-12/h5-9,11H,4H2,1-3H3. The lowest BCUT2D eigenvalue weighted by molar-refractivity contribution is 0.112. The van der Waals surface area contributed by atoms with Crippen LogP contribution < -0.4 is 0 Å². The molecule has 0 aliphatic carbocycles. The van der Waals surface area contributed by atoms with Gasteiger partial charge in [-0.1, -0.05) is 19.1 Å². The van der Waals surface area contributed by atoms with Crippen molar-refractivity contribution in [2.45, 2.75) is 33.2 Å². The van der Waals surface area contributed by atoms with Gasteiger partial charge in [0.25, 0.3) is 0 Å². The first-order valence-electron chi connectivity index (χ1n) is 6.37. The molecule has 1 unspecified atom stereocenters. The van der Waals surface area contributed by atoms with Crippen molar-refractivity contribution < 1.29 is 9.18 Å². The van der Waals surface area contributed by atoms with Crippen molar-refractivity contribution in [1.29, 1.82) is 0 Å². The molecule has 0 aliphatic heterocycles. The predicted octanol–water partition coefficient (Wildman–Crippen LogP) is 3.78. The number of hydrogen-bond acceptors (Lipinski definition) is 2. The van der Waals surface area contributed by atoms with Gasteiger partial charge < -0.3 is 0 Å². The van der Waals surface area contributed by atoms with E-state index < -0.39 is 0 Å². The molecule has 19 heavy (non-hydrogen) atoms. The number of nitrogens with zero attached hydrogens (tertiary/aromatic N) is 2. The average molecular weight is 260 g/mol. The van der Waals surface area contributed by atoms with E-state index in [0.29, 0.717) is 22.4 Å². The van der Waals surface area contributed by atoms with Crippen LogP contribution in [0.5, 0.6) is 0 Å². The largest absolute Gasteiger partial charge is 0.298 e. The minimum Gasteiger partial charge on any atom is -0.298 e. The summed E-state index contributed by atoms with van der Waals surface area (Å²) in [6, 6.07) is 5.12. The van der Waals surface area contributed by atoms with E-state index in [0.717, 1.165) is 12.7 Å². The van der Waals surface area contributed by atoms with Crippen LogP contribution in [-0.2, 0) is 0 Å². The molecular weight excluding hydrogens is 243 g/mol. The van der Waals surface area contributed by atoms with Gasteiger partial charge in [-0.2, -0.15) is 5.10 Å². The van der Waals surface area contributed by atoms with Gasteiger partial charge in [-0.05, 0) is 31.9 Å². The fraction of sp³-hybridized carbons (Fsp3) is 0.333. The average Bonchev–Trinajstić information content (AvgIpc) is 2.85. The molecule has 0 N–H and O–H groups in total. The first-order valence-corrected chi connectivity index (χ1v) is 6.37. The lowest BCUT2D eigenvalue weighted by atomic mass is 10.1. The van der Waals surface area contributed by atoms with Gasteiger partial charge in [-0.3, -0.25) is 9.48 Å². The number of carbonyl (C=O) groups is 1. The lowest BCUT2D eigenvalue weighted by Crippen LogP contribution is -2.04. The quantitative estimate of drug-likeness (QED) is 0.784. The normalized spacial score (nSPS) is 12.4. The van der Waals surface area contributed by atoms with Crippen LogP contribution >= 0.6 is 0 Å². The van der Waals surface area contributed by atoms with E-state index in [4.69, 9.17) is 0 Å². The number of aryl methyl sites for hydroxylation is 1. The van der Waals surface area contributed by atoms with E-state index in [1.54, 1.807) is 29.9 Å². The molecule has 0 saturated heterocycles. The zero-order chi connectivity index (χ0) is 14.0.